The van der Waals surface area contributed by atoms with E-state index in [1.54, 1.807) is 0 Å². The summed E-state index contributed by atoms with van der Waals surface area (Å²) in [5.74, 6) is 1.10. The van der Waals surface area contributed by atoms with Gasteiger partial charge >= 0.3 is 0 Å². The molecule has 1 radical (unpaired) electrons. The minimum Gasteiger partial charge on any atom is -0.460 e. The molecule has 0 bridgehead atoms. The highest BCUT2D eigenvalue weighted by molar-refractivity contribution is 5.92. The van der Waals surface area contributed by atoms with E-state index in [0.29, 0.717) is 0 Å². The van der Waals surface area contributed by atoms with E-state index in [4.69, 9.17) is 4.42 Å². The average molecular weight is 277 g/mol. The largest absolute Gasteiger partial charge is 0.460 e. The zero-order valence-electron chi connectivity index (χ0n) is 12.5. The molecular formula is C20H21O. The quantitative estimate of drug-likeness (QED) is 0.501. The number of unbranched alkanes of at least 4 members (excludes halogenated alkanes) is 3. The standard InChI is InChI=1S/C20H21O/c1-2-3-4-8-13-18-15-17-12-9-14-19(20(17)21-18)16-10-6-5-7-11-16/h3,5-7,9-12,14-15H,2,4,8,13H2,1H3. The van der Waals surface area contributed by atoms with Crippen LogP contribution in [0.5, 0.6) is 0 Å². The summed E-state index contributed by atoms with van der Waals surface area (Å²) in [6.07, 6.45) is 6.82. The van der Waals surface area contributed by atoms with Gasteiger partial charge in [0.25, 0.3) is 0 Å². The summed E-state index contributed by atoms with van der Waals surface area (Å²) in [6.45, 7) is 2.19. The van der Waals surface area contributed by atoms with Gasteiger partial charge in [0.1, 0.15) is 11.3 Å². The molecule has 0 saturated carbocycles. The van der Waals surface area contributed by atoms with Crippen molar-refractivity contribution in [2.75, 3.05) is 0 Å². The molecule has 0 spiro atoms. The Morgan fingerprint density at radius 3 is 2.67 bits per heavy atom. The molecule has 1 heteroatoms. The normalized spacial score (nSPS) is 11.1. The fourth-order valence-electron chi connectivity index (χ4n) is 2.71. The number of rotatable bonds is 6. The summed E-state index contributed by atoms with van der Waals surface area (Å²) in [5, 5.41) is 1.20. The van der Waals surface area contributed by atoms with Gasteiger partial charge in [0, 0.05) is 17.4 Å². The molecule has 0 amide bonds. The molecule has 0 fully saturated rings. The number of hydrogen-bond acceptors (Lipinski definition) is 1. The highest BCUT2D eigenvalue weighted by Gasteiger charge is 2.09. The fraction of sp³-hybridized carbons (Fsp3) is 0.250. The lowest BCUT2D eigenvalue weighted by Gasteiger charge is -2.02. The highest BCUT2D eigenvalue weighted by Crippen LogP contribution is 2.31. The Morgan fingerprint density at radius 2 is 1.86 bits per heavy atom. The molecule has 1 nitrogen and oxygen atoms in total. The van der Waals surface area contributed by atoms with Crippen molar-refractivity contribution in [3.8, 4) is 11.1 Å². The smallest absolute Gasteiger partial charge is 0.142 e. The maximum absolute atomic E-state index is 6.12. The number of para-hydroxylation sites is 1. The van der Waals surface area contributed by atoms with Crippen molar-refractivity contribution in [2.24, 2.45) is 0 Å². The first-order chi connectivity index (χ1) is 10.4. The molecule has 3 rings (SSSR count). The van der Waals surface area contributed by atoms with Gasteiger partial charge in [-0.15, -0.1) is 0 Å². The van der Waals surface area contributed by atoms with Crippen molar-refractivity contribution in [1.29, 1.82) is 0 Å². The Kier molecular flexibility index (Phi) is 4.40. The Hall–Kier alpha value is -2.02. The lowest BCUT2D eigenvalue weighted by molar-refractivity contribution is 0.538. The molecule has 0 saturated heterocycles. The second kappa shape index (κ2) is 6.62. The van der Waals surface area contributed by atoms with E-state index in [-0.39, 0.29) is 0 Å². The van der Waals surface area contributed by atoms with Gasteiger partial charge in [-0.25, -0.2) is 0 Å². The molecule has 21 heavy (non-hydrogen) atoms. The number of hydrogen-bond donors (Lipinski definition) is 0. The first-order valence-electron chi connectivity index (χ1n) is 7.77. The van der Waals surface area contributed by atoms with Crippen molar-refractivity contribution in [2.45, 2.75) is 32.6 Å². The SMILES string of the molecule is CC[CH]CCCc1cc2cccc(-c3ccccc3)c2o1. The van der Waals surface area contributed by atoms with Gasteiger partial charge < -0.3 is 4.42 Å². The van der Waals surface area contributed by atoms with Crippen LogP contribution in [0, 0.1) is 6.42 Å². The number of aryl methyl sites for hydroxylation is 1. The van der Waals surface area contributed by atoms with E-state index < -0.39 is 0 Å². The van der Waals surface area contributed by atoms with Crippen LogP contribution in [0.25, 0.3) is 22.1 Å². The van der Waals surface area contributed by atoms with E-state index in [0.717, 1.165) is 30.6 Å². The Bertz CT molecular complexity index is 694. The number of furan rings is 1. The fourth-order valence-corrected chi connectivity index (χ4v) is 2.71. The van der Waals surface area contributed by atoms with Crippen molar-refractivity contribution in [3.63, 3.8) is 0 Å². The van der Waals surface area contributed by atoms with Crippen molar-refractivity contribution < 1.29 is 4.42 Å². The molecule has 2 aromatic carbocycles. The minimum absolute atomic E-state index is 1.01. The van der Waals surface area contributed by atoms with Gasteiger partial charge in [-0.1, -0.05) is 61.9 Å². The first-order valence-corrected chi connectivity index (χ1v) is 7.77. The van der Waals surface area contributed by atoms with Crippen LogP contribution >= 0.6 is 0 Å². The Balaban J connectivity index is 1.87. The van der Waals surface area contributed by atoms with Crippen LogP contribution in [0.4, 0.5) is 0 Å². The second-order valence-electron chi connectivity index (χ2n) is 5.39. The van der Waals surface area contributed by atoms with E-state index in [9.17, 15) is 0 Å². The molecule has 0 N–H and O–H groups in total. The summed E-state index contributed by atoms with van der Waals surface area (Å²) in [7, 11) is 0. The summed E-state index contributed by atoms with van der Waals surface area (Å²) < 4.78 is 6.12. The van der Waals surface area contributed by atoms with E-state index in [1.165, 1.54) is 22.9 Å². The number of benzene rings is 2. The molecular weight excluding hydrogens is 256 g/mol. The predicted molar refractivity (Wildman–Crippen MR) is 89.2 cm³/mol. The molecule has 0 aliphatic rings. The third kappa shape index (κ3) is 3.18. The monoisotopic (exact) mass is 277 g/mol. The van der Waals surface area contributed by atoms with Crippen LogP contribution < -0.4 is 0 Å². The molecule has 0 aliphatic carbocycles. The van der Waals surface area contributed by atoms with Gasteiger partial charge in [-0.2, -0.15) is 0 Å². The van der Waals surface area contributed by atoms with Crippen LogP contribution in [0.2, 0.25) is 0 Å². The number of fused-ring (bicyclic) bond motifs is 1. The van der Waals surface area contributed by atoms with Crippen LogP contribution in [-0.2, 0) is 6.42 Å². The zero-order valence-corrected chi connectivity index (χ0v) is 12.5. The lowest BCUT2D eigenvalue weighted by atomic mass is 10.0. The van der Waals surface area contributed by atoms with E-state index in [2.05, 4.69) is 61.9 Å². The second-order valence-corrected chi connectivity index (χ2v) is 5.39. The molecule has 0 unspecified atom stereocenters. The van der Waals surface area contributed by atoms with Gasteiger partial charge in [0.05, 0.1) is 0 Å². The van der Waals surface area contributed by atoms with E-state index in [1.807, 2.05) is 6.07 Å². The van der Waals surface area contributed by atoms with Crippen molar-refractivity contribution in [3.05, 3.63) is 66.8 Å². The maximum atomic E-state index is 6.12. The molecule has 107 valence electrons. The molecule has 1 aromatic heterocycles. The predicted octanol–water partition coefficient (Wildman–Crippen LogP) is 6.04. The van der Waals surface area contributed by atoms with Crippen molar-refractivity contribution >= 4 is 11.0 Å². The van der Waals surface area contributed by atoms with Crippen LogP contribution in [-0.4, -0.2) is 0 Å². The third-order valence-corrected chi connectivity index (χ3v) is 3.80. The van der Waals surface area contributed by atoms with Gasteiger partial charge in [0.15, 0.2) is 0 Å². The summed E-state index contributed by atoms with van der Waals surface area (Å²) in [5.41, 5.74) is 3.40. The Morgan fingerprint density at radius 1 is 1.00 bits per heavy atom. The maximum Gasteiger partial charge on any atom is 0.142 e. The molecule has 0 aliphatic heterocycles. The molecule has 1 heterocycles. The summed E-state index contributed by atoms with van der Waals surface area (Å²) in [4.78, 5) is 0. The molecule has 0 atom stereocenters. The summed E-state index contributed by atoms with van der Waals surface area (Å²) >= 11 is 0. The zero-order chi connectivity index (χ0) is 14.5. The van der Waals surface area contributed by atoms with Gasteiger partial charge in [-0.3, -0.25) is 0 Å². The van der Waals surface area contributed by atoms with Crippen LogP contribution in [0.15, 0.2) is 59.0 Å². The average Bonchev–Trinajstić information content (AvgIpc) is 2.95. The van der Waals surface area contributed by atoms with Gasteiger partial charge in [-0.05, 0) is 30.9 Å². The highest BCUT2D eigenvalue weighted by atomic mass is 16.3. The van der Waals surface area contributed by atoms with Gasteiger partial charge in [0.2, 0.25) is 0 Å². The molecule has 3 aromatic rings. The van der Waals surface area contributed by atoms with Crippen LogP contribution in [0.3, 0.4) is 0 Å². The topological polar surface area (TPSA) is 13.1 Å². The minimum atomic E-state index is 1.01. The third-order valence-electron chi connectivity index (χ3n) is 3.80. The summed E-state index contributed by atoms with van der Waals surface area (Å²) in [6, 6.07) is 19.0. The lowest BCUT2D eigenvalue weighted by Crippen LogP contribution is -1.82. The Labute approximate surface area is 126 Å². The first kappa shape index (κ1) is 13.9. The van der Waals surface area contributed by atoms with E-state index >= 15 is 0 Å². The van der Waals surface area contributed by atoms with Crippen LogP contribution in [0.1, 0.15) is 31.9 Å². The van der Waals surface area contributed by atoms with Crippen molar-refractivity contribution in [1.82, 2.24) is 0 Å².